The topological polar surface area (TPSA) is 83.9 Å². The van der Waals surface area contributed by atoms with Gasteiger partial charge >= 0.3 is 5.97 Å². The first-order valence-corrected chi connectivity index (χ1v) is 19.6. The minimum atomic E-state index is -1.14. The summed E-state index contributed by atoms with van der Waals surface area (Å²) < 4.78 is 6.32. The van der Waals surface area contributed by atoms with Crippen LogP contribution in [0.3, 0.4) is 0 Å². The molecule has 0 radical (unpaired) electrons. The smallest absolute Gasteiger partial charge is 0.335 e. The van der Waals surface area contributed by atoms with Crippen molar-refractivity contribution in [2.24, 2.45) is 0 Å². The fourth-order valence-corrected chi connectivity index (χ4v) is 10.2. The van der Waals surface area contributed by atoms with E-state index in [0.29, 0.717) is 29.2 Å². The predicted octanol–water partition coefficient (Wildman–Crippen LogP) is 11.2. The summed E-state index contributed by atoms with van der Waals surface area (Å²) in [7, 11) is 0. The van der Waals surface area contributed by atoms with Gasteiger partial charge in [-0.3, -0.25) is 9.59 Å². The maximum Gasteiger partial charge on any atom is 0.335 e. The molecule has 0 spiro atoms. The highest BCUT2D eigenvalue weighted by Gasteiger charge is 2.43. The van der Waals surface area contributed by atoms with Crippen LogP contribution in [-0.4, -0.2) is 35.3 Å². The summed E-state index contributed by atoms with van der Waals surface area (Å²) >= 11 is 1.52. The average Bonchev–Trinajstić information content (AvgIpc) is 3.96. The third-order valence-electron chi connectivity index (χ3n) is 11.9. The molecule has 1 aliphatic heterocycles. The molecule has 2 heterocycles. The molecule has 7 heteroatoms. The van der Waals surface area contributed by atoms with Crippen LogP contribution < -0.4 is 9.64 Å². The van der Waals surface area contributed by atoms with E-state index >= 15 is 0 Å². The molecule has 1 aromatic heterocycles. The van der Waals surface area contributed by atoms with Gasteiger partial charge in [0.25, 0.3) is 0 Å². The number of ether oxygens (including phenoxy) is 1. The molecule has 1 fully saturated rings. The number of carbonyl (C=O) groups excluding carboxylic acids is 2. The molecule has 6 nitrogen and oxygen atoms in total. The predicted molar refractivity (Wildman–Crippen MR) is 211 cm³/mol. The Balaban J connectivity index is 1.08. The van der Waals surface area contributed by atoms with Gasteiger partial charge in [-0.05, 0) is 107 Å². The normalized spacial score (nSPS) is 19.7. The number of hydrogen-bond donors (Lipinski definition) is 1. The first-order valence-electron chi connectivity index (χ1n) is 18.8. The fourth-order valence-electron chi connectivity index (χ4n) is 9.20. The number of hydrogen-bond acceptors (Lipinski definition) is 6. The average molecular weight is 720 g/mol. The van der Waals surface area contributed by atoms with Gasteiger partial charge in [-0.25, -0.2) is 4.79 Å². The zero-order valence-corrected chi connectivity index (χ0v) is 31.0. The van der Waals surface area contributed by atoms with Crippen LogP contribution in [0, 0.1) is 0 Å². The first kappa shape index (κ1) is 33.6. The molecule has 4 aliphatic rings. The number of Topliss-reactive ketones (excluding diaryl/α,β-unsaturated/α-hetero) is 2. The minimum Gasteiger partial charge on any atom is -0.492 e. The monoisotopic (exact) mass is 719 g/mol. The van der Waals surface area contributed by atoms with E-state index in [1.807, 2.05) is 6.07 Å². The number of rotatable bonds is 9. The lowest BCUT2D eigenvalue weighted by molar-refractivity contribution is 0.0696. The highest BCUT2D eigenvalue weighted by molar-refractivity contribution is 7.16. The Hall–Kier alpha value is -5.27. The molecule has 1 N–H and O–H groups in total. The quantitative estimate of drug-likeness (QED) is 0.0927. The van der Waals surface area contributed by atoms with Gasteiger partial charge in [0.15, 0.2) is 11.6 Å². The molecule has 0 amide bonds. The fraction of sp³-hybridized carbons (Fsp3) is 0.283. The number of nitrogens with zero attached hydrogens (tertiary/aromatic N) is 1. The minimum absolute atomic E-state index is 0.0189. The molecule has 0 bridgehead atoms. The van der Waals surface area contributed by atoms with E-state index < -0.39 is 17.5 Å². The molecular weight excluding hydrogens is 679 g/mol. The van der Waals surface area contributed by atoms with Crippen LogP contribution in [0.4, 0.5) is 11.4 Å². The van der Waals surface area contributed by atoms with Crippen LogP contribution in [0.1, 0.15) is 118 Å². The third-order valence-corrected chi connectivity index (χ3v) is 13.0. The van der Waals surface area contributed by atoms with E-state index in [4.69, 9.17) is 4.74 Å². The Labute approximate surface area is 313 Å². The summed E-state index contributed by atoms with van der Waals surface area (Å²) in [4.78, 5) is 42.8. The third kappa shape index (κ3) is 5.31. The lowest BCUT2D eigenvalue weighted by Gasteiger charge is -2.28. The second kappa shape index (κ2) is 12.7. The largest absolute Gasteiger partial charge is 0.492 e. The Morgan fingerprint density at radius 2 is 1.70 bits per heavy atom. The van der Waals surface area contributed by atoms with E-state index in [9.17, 15) is 19.5 Å². The highest BCUT2D eigenvalue weighted by Crippen LogP contribution is 2.56. The van der Waals surface area contributed by atoms with Gasteiger partial charge in [-0.1, -0.05) is 76.4 Å². The standard InChI is InChI=1S/C46H41NO5S/c1-4-5-8-20-52-40-25-41(53-42(40)24-35-43(48)31-17-14-27(45(50)51)22-34(31)44(35)49)26-15-19-39-33(21-26)30-11-9-13-38(30)47(39)28-16-18-37-32(23-28)29-10-6-7-12-36(29)46(37,2)3/h6-7,10,12,14-19,21-25,30,38H,4-5,8-9,11,13,20H2,1-3H3,(H,50,51)/b35-24+. The van der Waals surface area contributed by atoms with E-state index in [-0.39, 0.29) is 27.7 Å². The molecule has 2 unspecified atom stereocenters. The number of benzene rings is 4. The summed E-state index contributed by atoms with van der Waals surface area (Å²) in [5, 5.41) is 9.47. The maximum absolute atomic E-state index is 13.5. The number of thiophene rings is 1. The number of allylic oxidation sites excluding steroid dienone is 1. The second-order valence-corrected chi connectivity index (χ2v) is 16.4. The number of ketones is 2. The Morgan fingerprint density at radius 3 is 2.53 bits per heavy atom. The van der Waals surface area contributed by atoms with E-state index in [1.165, 1.54) is 75.1 Å². The summed E-state index contributed by atoms with van der Waals surface area (Å²) in [5.41, 5.74) is 10.8. The van der Waals surface area contributed by atoms with Crippen molar-refractivity contribution in [3.63, 3.8) is 0 Å². The molecule has 0 saturated heterocycles. The zero-order valence-electron chi connectivity index (χ0n) is 30.2. The Morgan fingerprint density at radius 1 is 0.887 bits per heavy atom. The van der Waals surface area contributed by atoms with E-state index in [0.717, 1.165) is 42.5 Å². The summed E-state index contributed by atoms with van der Waals surface area (Å²) in [6.07, 6.45) is 8.16. The maximum atomic E-state index is 13.5. The van der Waals surface area contributed by atoms with Crippen molar-refractivity contribution in [2.45, 2.75) is 76.7 Å². The van der Waals surface area contributed by atoms with Crippen LogP contribution >= 0.6 is 11.3 Å². The molecule has 1 saturated carbocycles. The lowest BCUT2D eigenvalue weighted by Crippen LogP contribution is -2.26. The SMILES string of the molecule is CCCCCOc1cc(-c2ccc3c(c2)C2CCCC2N3c2ccc3c(c2)-c2ccccc2C3(C)C)sc1/C=C1\C(=O)c2ccc(C(=O)O)cc2C1=O. The lowest BCUT2D eigenvalue weighted by atomic mass is 9.82. The molecule has 5 aromatic rings. The number of anilines is 2. The Kier molecular flexibility index (Phi) is 8.04. The van der Waals surface area contributed by atoms with E-state index in [2.05, 4.69) is 86.3 Å². The van der Waals surface area contributed by atoms with E-state index in [1.54, 1.807) is 6.08 Å². The van der Waals surface area contributed by atoms with Crippen LogP contribution in [0.15, 0.2) is 90.5 Å². The number of carboxylic acids is 1. The van der Waals surface area contributed by atoms with Gasteiger partial charge < -0.3 is 14.7 Å². The second-order valence-electron chi connectivity index (χ2n) is 15.3. The molecule has 266 valence electrons. The number of aromatic carboxylic acids is 1. The Bertz CT molecular complexity index is 2400. The van der Waals surface area contributed by atoms with Crippen molar-refractivity contribution in [3.05, 3.63) is 129 Å². The van der Waals surface area contributed by atoms with Crippen molar-refractivity contribution >= 4 is 46.3 Å². The summed E-state index contributed by atoms with van der Waals surface area (Å²) in [5.74, 6) is -0.893. The van der Waals surface area contributed by atoms with Gasteiger partial charge in [0.05, 0.1) is 22.6 Å². The molecule has 9 rings (SSSR count). The van der Waals surface area contributed by atoms with Gasteiger partial charge in [-0.15, -0.1) is 11.3 Å². The molecule has 53 heavy (non-hydrogen) atoms. The zero-order chi connectivity index (χ0) is 36.6. The van der Waals surface area contributed by atoms with Crippen LogP contribution in [0.2, 0.25) is 0 Å². The van der Waals surface area contributed by atoms with Gasteiger partial charge in [0.2, 0.25) is 0 Å². The molecule has 3 aliphatic carbocycles. The van der Waals surface area contributed by atoms with Crippen LogP contribution in [0.25, 0.3) is 27.6 Å². The van der Waals surface area contributed by atoms with Crippen LogP contribution in [-0.2, 0) is 5.41 Å². The number of fused-ring (bicyclic) bond motifs is 7. The van der Waals surface area contributed by atoms with Crippen LogP contribution in [0.5, 0.6) is 5.75 Å². The molecule has 2 atom stereocenters. The number of carboxylic acid groups (broad SMARTS) is 1. The highest BCUT2D eigenvalue weighted by atomic mass is 32.1. The van der Waals surface area contributed by atoms with Crippen molar-refractivity contribution in [2.75, 3.05) is 11.5 Å². The number of carbonyl (C=O) groups is 3. The van der Waals surface area contributed by atoms with Gasteiger partial charge in [-0.2, -0.15) is 0 Å². The van der Waals surface area contributed by atoms with Crippen molar-refractivity contribution in [1.82, 2.24) is 0 Å². The molecular formula is C46H41NO5S. The van der Waals surface area contributed by atoms with Gasteiger partial charge in [0, 0.05) is 44.8 Å². The summed E-state index contributed by atoms with van der Waals surface area (Å²) in [6.45, 7) is 7.34. The summed E-state index contributed by atoms with van der Waals surface area (Å²) in [6, 6.07) is 29.3. The van der Waals surface area contributed by atoms with Crippen molar-refractivity contribution < 1.29 is 24.2 Å². The molecule has 4 aromatic carbocycles. The van der Waals surface area contributed by atoms with Gasteiger partial charge in [0.1, 0.15) is 5.75 Å². The first-order chi connectivity index (χ1) is 25.7. The number of unbranched alkanes of at least 4 members (excludes halogenated alkanes) is 2. The van der Waals surface area contributed by atoms with Crippen molar-refractivity contribution in [1.29, 1.82) is 0 Å². The van der Waals surface area contributed by atoms with Crippen molar-refractivity contribution in [3.8, 4) is 27.3 Å².